The minimum Gasteiger partial charge on any atom is -0.481 e. The van der Waals surface area contributed by atoms with E-state index in [2.05, 4.69) is 47.6 Å². The molecule has 0 spiro atoms. The Labute approximate surface area is 257 Å². The molecule has 0 radical (unpaired) electrons. The predicted octanol–water partition coefficient (Wildman–Crippen LogP) is 4.67. The molecule has 0 aromatic rings. The number of carbonyl (C=O) groups is 1. The van der Waals surface area contributed by atoms with Crippen molar-refractivity contribution in [1.29, 1.82) is 0 Å². The minimum absolute atomic E-state index is 0.0154. The molecule has 0 unspecified atom stereocenters. The van der Waals surface area contributed by atoms with E-state index in [-0.39, 0.29) is 52.8 Å². The number of carboxylic acids is 1. The van der Waals surface area contributed by atoms with Gasteiger partial charge in [-0.1, -0.05) is 53.2 Å². The SMILES string of the molecule is CC1(C)CC[C@]2(C(=O)O)CC[C@]3(C)C(=CC[C@@H]4[C@@]5(C)CC[C@H](O[C@H]6OC[C@@H](O)[C@@H](O)[C@@H]6O)[C@](C)(CO)[C@@H]5CC[C@]43C)[C@@H]2C1. The van der Waals surface area contributed by atoms with Gasteiger partial charge in [-0.05, 0) is 104 Å². The molecule has 13 atom stereocenters. The van der Waals surface area contributed by atoms with Crippen LogP contribution in [0, 0.1) is 50.2 Å². The van der Waals surface area contributed by atoms with E-state index in [1.807, 2.05) is 0 Å². The molecule has 4 saturated carbocycles. The third kappa shape index (κ3) is 4.32. The third-order valence-electron chi connectivity index (χ3n) is 14.9. The summed E-state index contributed by atoms with van der Waals surface area (Å²) < 4.78 is 12.0. The molecule has 8 heteroatoms. The van der Waals surface area contributed by atoms with Gasteiger partial charge in [0, 0.05) is 5.41 Å². The Kier molecular flexibility index (Phi) is 7.60. The summed E-state index contributed by atoms with van der Waals surface area (Å²) >= 11 is 0. The molecule has 1 aliphatic heterocycles. The number of aliphatic carboxylic acids is 1. The van der Waals surface area contributed by atoms with Gasteiger partial charge in [0.15, 0.2) is 6.29 Å². The minimum atomic E-state index is -1.36. The Bertz CT molecular complexity index is 1150. The van der Waals surface area contributed by atoms with Crippen LogP contribution in [-0.2, 0) is 14.3 Å². The van der Waals surface area contributed by atoms with Gasteiger partial charge in [-0.15, -0.1) is 0 Å². The maximum absolute atomic E-state index is 12.9. The molecule has 5 fully saturated rings. The largest absolute Gasteiger partial charge is 0.481 e. The lowest BCUT2D eigenvalue weighted by Gasteiger charge is -2.71. The first kappa shape index (κ1) is 31.9. The van der Waals surface area contributed by atoms with Crippen LogP contribution in [0.15, 0.2) is 11.6 Å². The van der Waals surface area contributed by atoms with E-state index in [9.17, 15) is 30.3 Å². The van der Waals surface area contributed by atoms with E-state index in [1.165, 1.54) is 5.57 Å². The highest BCUT2D eigenvalue weighted by molar-refractivity contribution is 5.76. The number of hydrogen-bond donors (Lipinski definition) is 5. The summed E-state index contributed by atoms with van der Waals surface area (Å²) in [5.41, 5.74) is 0.232. The summed E-state index contributed by atoms with van der Waals surface area (Å²) in [6.45, 7) is 13.9. The third-order valence-corrected chi connectivity index (χ3v) is 14.9. The number of aliphatic hydroxyl groups is 4. The molecule has 6 rings (SSSR count). The van der Waals surface area contributed by atoms with Crippen LogP contribution in [0.1, 0.15) is 106 Å². The Morgan fingerprint density at radius 1 is 0.930 bits per heavy atom. The van der Waals surface area contributed by atoms with Gasteiger partial charge in [0.1, 0.15) is 18.3 Å². The maximum atomic E-state index is 12.9. The zero-order chi connectivity index (χ0) is 31.4. The van der Waals surface area contributed by atoms with Crippen molar-refractivity contribution in [2.45, 2.75) is 136 Å². The van der Waals surface area contributed by atoms with Gasteiger partial charge in [0.05, 0.1) is 24.7 Å². The average molecular weight is 605 g/mol. The molecule has 0 aromatic carbocycles. The van der Waals surface area contributed by atoms with Crippen LogP contribution in [0.5, 0.6) is 0 Å². The molecule has 0 bridgehead atoms. The zero-order valence-corrected chi connectivity index (χ0v) is 27.1. The molecule has 5 aliphatic carbocycles. The lowest BCUT2D eigenvalue weighted by atomic mass is 9.33. The summed E-state index contributed by atoms with van der Waals surface area (Å²) in [4.78, 5) is 12.9. The van der Waals surface area contributed by atoms with Gasteiger partial charge in [0.25, 0.3) is 0 Å². The Balaban J connectivity index is 1.32. The maximum Gasteiger partial charge on any atom is 0.310 e. The van der Waals surface area contributed by atoms with Crippen molar-refractivity contribution in [2.75, 3.05) is 13.2 Å². The summed E-state index contributed by atoms with van der Waals surface area (Å²) in [5.74, 6) is 0.0529. The number of rotatable bonds is 4. The highest BCUT2D eigenvalue weighted by Gasteiger charge is 2.70. The normalized spacial score (nSPS) is 54.3. The fourth-order valence-electron chi connectivity index (χ4n) is 11.9. The second kappa shape index (κ2) is 10.2. The Morgan fingerprint density at radius 2 is 1.63 bits per heavy atom. The van der Waals surface area contributed by atoms with Gasteiger partial charge in [-0.25, -0.2) is 0 Å². The van der Waals surface area contributed by atoms with Crippen LogP contribution in [0.2, 0.25) is 0 Å². The van der Waals surface area contributed by atoms with E-state index >= 15 is 0 Å². The lowest BCUT2D eigenvalue weighted by Crippen LogP contribution is -2.66. The molecule has 43 heavy (non-hydrogen) atoms. The summed E-state index contributed by atoms with van der Waals surface area (Å²) in [6.07, 6.45) is 6.03. The Morgan fingerprint density at radius 3 is 2.30 bits per heavy atom. The number of fused-ring (bicyclic) bond motifs is 7. The number of hydrogen-bond acceptors (Lipinski definition) is 7. The summed E-state index contributed by atoms with van der Waals surface area (Å²) in [5, 5.41) is 52.3. The topological polar surface area (TPSA) is 137 Å². The molecule has 0 amide bonds. The molecule has 6 aliphatic rings. The van der Waals surface area contributed by atoms with Crippen LogP contribution in [0.25, 0.3) is 0 Å². The van der Waals surface area contributed by atoms with Crippen molar-refractivity contribution in [2.24, 2.45) is 50.2 Å². The second-order valence-corrected chi connectivity index (χ2v) is 17.3. The van der Waals surface area contributed by atoms with Gasteiger partial charge in [0.2, 0.25) is 0 Å². The van der Waals surface area contributed by atoms with Crippen LogP contribution in [0.3, 0.4) is 0 Å². The quantitative estimate of drug-likeness (QED) is 0.231. The number of ether oxygens (including phenoxy) is 2. The molecule has 5 N–H and O–H groups in total. The Hall–Kier alpha value is -1.03. The van der Waals surface area contributed by atoms with E-state index < -0.39 is 41.4 Å². The van der Waals surface area contributed by atoms with Crippen molar-refractivity contribution in [3.63, 3.8) is 0 Å². The number of allylic oxidation sites excluding steroid dienone is 2. The summed E-state index contributed by atoms with van der Waals surface area (Å²) in [6, 6.07) is 0. The molecule has 1 saturated heterocycles. The van der Waals surface area contributed by atoms with Crippen molar-refractivity contribution >= 4 is 5.97 Å². The molecular formula is C35H56O8. The summed E-state index contributed by atoms with van der Waals surface area (Å²) in [7, 11) is 0. The molecule has 0 aromatic heterocycles. The van der Waals surface area contributed by atoms with Crippen molar-refractivity contribution in [1.82, 2.24) is 0 Å². The molecule has 8 nitrogen and oxygen atoms in total. The van der Waals surface area contributed by atoms with Crippen LogP contribution >= 0.6 is 0 Å². The van der Waals surface area contributed by atoms with E-state index in [4.69, 9.17) is 9.47 Å². The first-order valence-corrected chi connectivity index (χ1v) is 16.9. The second-order valence-electron chi connectivity index (χ2n) is 17.3. The smallest absolute Gasteiger partial charge is 0.310 e. The molecular weight excluding hydrogens is 548 g/mol. The number of carboxylic acid groups (broad SMARTS) is 1. The van der Waals surface area contributed by atoms with E-state index in [1.54, 1.807) is 0 Å². The highest BCUT2D eigenvalue weighted by Crippen LogP contribution is 2.76. The van der Waals surface area contributed by atoms with Crippen LogP contribution in [-0.4, -0.2) is 75.4 Å². The fourth-order valence-corrected chi connectivity index (χ4v) is 11.9. The van der Waals surface area contributed by atoms with Crippen LogP contribution in [0.4, 0.5) is 0 Å². The molecule has 1 heterocycles. The first-order chi connectivity index (χ1) is 20.0. The van der Waals surface area contributed by atoms with Gasteiger partial charge in [-0.2, -0.15) is 0 Å². The predicted molar refractivity (Wildman–Crippen MR) is 161 cm³/mol. The van der Waals surface area contributed by atoms with Gasteiger partial charge >= 0.3 is 5.97 Å². The van der Waals surface area contributed by atoms with E-state index in [0.717, 1.165) is 57.8 Å². The first-order valence-electron chi connectivity index (χ1n) is 16.9. The zero-order valence-electron chi connectivity index (χ0n) is 27.1. The van der Waals surface area contributed by atoms with Crippen molar-refractivity contribution in [3.8, 4) is 0 Å². The fraction of sp³-hybridized carbons (Fsp3) is 0.914. The van der Waals surface area contributed by atoms with Gasteiger partial charge in [-0.3, -0.25) is 4.79 Å². The van der Waals surface area contributed by atoms with Crippen molar-refractivity contribution in [3.05, 3.63) is 11.6 Å². The average Bonchev–Trinajstić information content (AvgIpc) is 2.94. The van der Waals surface area contributed by atoms with E-state index in [0.29, 0.717) is 12.3 Å². The standard InChI is InChI=1S/C35H56O8/c1-30(2)13-15-35(29(40)41)16-14-33(5)20(21(35)17-30)7-8-24-31(3)11-10-25(43-28-27(39)26(38)22(37)18-42-28)32(4,19-36)23(31)9-12-34(24,33)6/h7,21-28,36-39H,8-19H2,1-6H3,(H,40,41)/t21-,22+,23+,24+,25-,26+,27-,28+,31-,32+,33+,34+,35-/m0/s1. The van der Waals surface area contributed by atoms with Crippen LogP contribution < -0.4 is 0 Å². The number of aliphatic hydroxyl groups excluding tert-OH is 4. The highest BCUT2D eigenvalue weighted by atomic mass is 16.7. The monoisotopic (exact) mass is 604 g/mol. The van der Waals surface area contributed by atoms with Gasteiger partial charge < -0.3 is 35.0 Å². The lowest BCUT2D eigenvalue weighted by molar-refractivity contribution is -0.312. The van der Waals surface area contributed by atoms with Crippen molar-refractivity contribution < 1.29 is 39.8 Å². The molecule has 244 valence electrons.